The summed E-state index contributed by atoms with van der Waals surface area (Å²) in [6.45, 7) is -0.0382. The molecule has 2 aliphatic heterocycles. The normalized spacial score (nSPS) is 17.5. The lowest BCUT2D eigenvalue weighted by atomic mass is 10.0. The molecule has 5 amide bonds. The van der Waals surface area contributed by atoms with E-state index < -0.39 is 48.2 Å². The van der Waals surface area contributed by atoms with Crippen molar-refractivity contribution in [3.8, 4) is 5.75 Å². The fourth-order valence-corrected chi connectivity index (χ4v) is 3.50. The van der Waals surface area contributed by atoms with Gasteiger partial charge in [0.25, 0.3) is 17.7 Å². The highest BCUT2D eigenvalue weighted by Crippen LogP contribution is 2.33. The van der Waals surface area contributed by atoms with Crippen LogP contribution < -0.4 is 21.1 Å². The van der Waals surface area contributed by atoms with Crippen LogP contribution in [0, 0.1) is 0 Å². The Bertz CT molecular complexity index is 992. The number of nitrogens with zero attached hydrogens (tertiary/aromatic N) is 1. The molecule has 1 aromatic carbocycles. The summed E-state index contributed by atoms with van der Waals surface area (Å²) in [5, 5.41) is 4.77. The highest BCUT2D eigenvalue weighted by atomic mass is 16.5. The Morgan fingerprint density at radius 1 is 1.15 bits per heavy atom. The molecular formula is C21H24N4O8. The molecule has 33 heavy (non-hydrogen) atoms. The number of ether oxygens (including phenoxy) is 2. The third kappa shape index (κ3) is 5.52. The molecule has 176 valence electrons. The van der Waals surface area contributed by atoms with E-state index in [0.717, 1.165) is 4.90 Å². The van der Waals surface area contributed by atoms with Crippen LogP contribution in [0.3, 0.4) is 0 Å². The monoisotopic (exact) mass is 460 g/mol. The first kappa shape index (κ1) is 23.9. The van der Waals surface area contributed by atoms with Gasteiger partial charge in [-0.3, -0.25) is 39.0 Å². The van der Waals surface area contributed by atoms with E-state index in [9.17, 15) is 28.8 Å². The van der Waals surface area contributed by atoms with Crippen molar-refractivity contribution < 1.29 is 38.2 Å². The second-order valence-corrected chi connectivity index (χ2v) is 7.40. The average Bonchev–Trinajstić information content (AvgIpc) is 3.05. The van der Waals surface area contributed by atoms with Crippen LogP contribution in [0.15, 0.2) is 18.2 Å². The number of rotatable bonds is 10. The van der Waals surface area contributed by atoms with Crippen molar-refractivity contribution in [3.63, 3.8) is 0 Å². The van der Waals surface area contributed by atoms with Crippen LogP contribution in [0.5, 0.6) is 5.75 Å². The molecule has 3 rings (SSSR count). The van der Waals surface area contributed by atoms with E-state index in [1.54, 1.807) is 0 Å². The van der Waals surface area contributed by atoms with Crippen LogP contribution >= 0.6 is 0 Å². The molecule has 2 aliphatic rings. The van der Waals surface area contributed by atoms with Gasteiger partial charge in [-0.25, -0.2) is 0 Å². The molecule has 0 bridgehead atoms. The molecule has 2 heterocycles. The molecule has 1 fully saturated rings. The molecule has 0 spiro atoms. The lowest BCUT2D eigenvalue weighted by Gasteiger charge is -2.27. The van der Waals surface area contributed by atoms with Gasteiger partial charge in [-0.1, -0.05) is 6.07 Å². The van der Waals surface area contributed by atoms with E-state index in [1.807, 2.05) is 0 Å². The number of carbonyl (C=O) groups excluding carboxylic acids is 6. The number of piperidine rings is 1. The van der Waals surface area contributed by atoms with Crippen LogP contribution in [0.25, 0.3) is 0 Å². The maximum absolute atomic E-state index is 13.0. The molecule has 12 nitrogen and oxygen atoms in total. The Morgan fingerprint density at radius 3 is 2.67 bits per heavy atom. The predicted molar refractivity (Wildman–Crippen MR) is 111 cm³/mol. The molecule has 0 saturated carbocycles. The number of hydrogen-bond donors (Lipinski definition) is 3. The summed E-state index contributed by atoms with van der Waals surface area (Å²) in [5.74, 6) is -3.43. The maximum atomic E-state index is 13.0. The van der Waals surface area contributed by atoms with Gasteiger partial charge in [-0.2, -0.15) is 0 Å². The fourth-order valence-electron chi connectivity index (χ4n) is 3.50. The smallest absolute Gasteiger partial charge is 0.319 e. The second kappa shape index (κ2) is 10.7. The minimum Gasteiger partial charge on any atom is -0.483 e. The number of fused-ring (bicyclic) bond motifs is 1. The first-order valence-corrected chi connectivity index (χ1v) is 10.4. The predicted octanol–water partition coefficient (Wildman–Crippen LogP) is -1.14. The SMILES string of the molecule is NCC(=O)OCCCCNC(=O)COc1cccc2c1C(=O)N(C1CCC(=O)NC1=O)C2=O. The molecule has 1 saturated heterocycles. The van der Waals surface area contributed by atoms with Gasteiger partial charge in [0.2, 0.25) is 11.8 Å². The van der Waals surface area contributed by atoms with Crippen molar-refractivity contribution in [2.75, 3.05) is 26.3 Å². The standard InChI is InChI=1S/C21H24N4O8/c22-10-17(28)32-9-2-1-8-23-16(27)11-33-14-5-3-4-12-18(14)21(31)25(20(12)30)13-6-7-15(26)24-19(13)29/h3-5,13H,1-2,6-11,22H2,(H,23,27)(H,24,26,29). The van der Waals surface area contributed by atoms with E-state index in [-0.39, 0.29) is 42.9 Å². The first-order chi connectivity index (χ1) is 15.8. The zero-order valence-electron chi connectivity index (χ0n) is 17.8. The van der Waals surface area contributed by atoms with Gasteiger partial charge in [0.1, 0.15) is 11.8 Å². The van der Waals surface area contributed by atoms with E-state index in [1.165, 1.54) is 18.2 Å². The molecular weight excluding hydrogens is 436 g/mol. The molecule has 0 aliphatic carbocycles. The molecule has 1 unspecified atom stereocenters. The van der Waals surface area contributed by atoms with Crippen LogP contribution in [0.1, 0.15) is 46.4 Å². The third-order valence-corrected chi connectivity index (χ3v) is 5.11. The van der Waals surface area contributed by atoms with Crippen LogP contribution in [0.2, 0.25) is 0 Å². The molecule has 1 atom stereocenters. The molecule has 0 aromatic heterocycles. The summed E-state index contributed by atoms with van der Waals surface area (Å²) in [6, 6.07) is 3.31. The lowest BCUT2D eigenvalue weighted by Crippen LogP contribution is -2.54. The summed E-state index contributed by atoms with van der Waals surface area (Å²) in [5.41, 5.74) is 5.16. The maximum Gasteiger partial charge on any atom is 0.319 e. The van der Waals surface area contributed by atoms with Gasteiger partial charge < -0.3 is 20.5 Å². The van der Waals surface area contributed by atoms with Crippen molar-refractivity contribution in [1.82, 2.24) is 15.5 Å². The molecule has 0 radical (unpaired) electrons. The Hall–Kier alpha value is -3.80. The quantitative estimate of drug-likeness (QED) is 0.222. The average molecular weight is 460 g/mol. The number of nitrogens with two attached hydrogens (primary N) is 1. The van der Waals surface area contributed by atoms with Crippen molar-refractivity contribution in [2.45, 2.75) is 31.7 Å². The van der Waals surface area contributed by atoms with Gasteiger partial charge in [0, 0.05) is 13.0 Å². The van der Waals surface area contributed by atoms with E-state index in [4.69, 9.17) is 15.2 Å². The Kier molecular flexibility index (Phi) is 7.72. The van der Waals surface area contributed by atoms with Crippen molar-refractivity contribution in [1.29, 1.82) is 0 Å². The van der Waals surface area contributed by atoms with E-state index in [2.05, 4.69) is 10.6 Å². The largest absolute Gasteiger partial charge is 0.483 e. The number of hydrogen-bond acceptors (Lipinski definition) is 9. The first-order valence-electron chi connectivity index (χ1n) is 10.4. The topological polar surface area (TPSA) is 174 Å². The van der Waals surface area contributed by atoms with Crippen molar-refractivity contribution in [2.24, 2.45) is 5.73 Å². The lowest BCUT2D eigenvalue weighted by molar-refractivity contribution is -0.142. The van der Waals surface area contributed by atoms with Crippen LogP contribution in [-0.4, -0.2) is 72.8 Å². The summed E-state index contributed by atoms with van der Waals surface area (Å²) in [6.07, 6.45) is 1.17. The minimum atomic E-state index is -1.09. The Morgan fingerprint density at radius 2 is 1.94 bits per heavy atom. The van der Waals surface area contributed by atoms with Gasteiger partial charge in [0.15, 0.2) is 6.61 Å². The summed E-state index contributed by atoms with van der Waals surface area (Å²) >= 11 is 0. The highest BCUT2D eigenvalue weighted by Gasteiger charge is 2.46. The van der Waals surface area contributed by atoms with Crippen LogP contribution in [-0.2, 0) is 23.9 Å². The Balaban J connectivity index is 1.54. The molecule has 1 aromatic rings. The molecule has 12 heteroatoms. The van der Waals surface area contributed by atoms with Gasteiger partial charge in [-0.15, -0.1) is 0 Å². The van der Waals surface area contributed by atoms with E-state index >= 15 is 0 Å². The van der Waals surface area contributed by atoms with E-state index in [0.29, 0.717) is 19.4 Å². The fraction of sp³-hybridized carbons (Fsp3) is 0.429. The minimum absolute atomic E-state index is 0.0167. The van der Waals surface area contributed by atoms with Gasteiger partial charge in [0.05, 0.1) is 24.3 Å². The van der Waals surface area contributed by atoms with Crippen molar-refractivity contribution >= 4 is 35.5 Å². The number of imide groups is 2. The van der Waals surface area contributed by atoms with Gasteiger partial charge in [-0.05, 0) is 31.4 Å². The number of unbranched alkanes of at least 4 members (excludes halogenated alkanes) is 1. The summed E-state index contributed by atoms with van der Waals surface area (Å²) < 4.78 is 10.3. The summed E-state index contributed by atoms with van der Waals surface area (Å²) in [4.78, 5) is 73.1. The zero-order chi connectivity index (χ0) is 24.0. The number of benzene rings is 1. The Labute approximate surface area is 188 Å². The number of carbonyl (C=O) groups is 6. The highest BCUT2D eigenvalue weighted by molar-refractivity contribution is 6.24. The van der Waals surface area contributed by atoms with Crippen LogP contribution in [0.4, 0.5) is 0 Å². The third-order valence-electron chi connectivity index (χ3n) is 5.11. The zero-order valence-corrected chi connectivity index (χ0v) is 17.8. The number of nitrogens with one attached hydrogen (secondary N) is 2. The summed E-state index contributed by atoms with van der Waals surface area (Å²) in [7, 11) is 0. The number of esters is 1. The molecule has 4 N–H and O–H groups in total. The second-order valence-electron chi connectivity index (χ2n) is 7.40. The van der Waals surface area contributed by atoms with Crippen molar-refractivity contribution in [3.05, 3.63) is 29.3 Å². The van der Waals surface area contributed by atoms with Gasteiger partial charge >= 0.3 is 5.97 Å². The number of amides is 5.